The second kappa shape index (κ2) is 3.51. The summed E-state index contributed by atoms with van der Waals surface area (Å²) in [6.07, 6.45) is 4.31. The van der Waals surface area contributed by atoms with Crippen LogP contribution >= 0.6 is 0 Å². The van der Waals surface area contributed by atoms with E-state index in [0.29, 0.717) is 11.4 Å². The van der Waals surface area contributed by atoms with Gasteiger partial charge in [0.05, 0.1) is 11.4 Å². The molecule has 0 radical (unpaired) electrons. The van der Waals surface area contributed by atoms with E-state index in [2.05, 4.69) is 4.98 Å². The molecule has 0 aromatic carbocycles. The molecule has 56 valence electrons. The molecule has 0 bridgehead atoms. The molecule has 0 saturated heterocycles. The summed E-state index contributed by atoms with van der Waals surface area (Å²) in [7, 11) is 0. The van der Waals surface area contributed by atoms with E-state index in [9.17, 15) is 0 Å². The normalized spacial score (nSPS) is 11.1. The monoisotopic (exact) mass is 147 g/mol. The Bertz CT molecular complexity index is 264. The largest absolute Gasteiger partial charge is 0.397 e. The van der Waals surface area contributed by atoms with Crippen molar-refractivity contribution in [3.63, 3.8) is 0 Å². The number of nitrogens with one attached hydrogen (secondary N) is 1. The number of hydrogen-bond acceptors (Lipinski definition) is 3. The summed E-state index contributed by atoms with van der Waals surface area (Å²) in [6.45, 7) is 0. The van der Waals surface area contributed by atoms with Crippen molar-refractivity contribution >= 4 is 11.9 Å². The number of hydrogen-bond donors (Lipinski definition) is 2. The Morgan fingerprint density at radius 2 is 2.36 bits per heavy atom. The van der Waals surface area contributed by atoms with Crippen molar-refractivity contribution in [2.45, 2.75) is 0 Å². The molecule has 0 atom stereocenters. The molecule has 0 aliphatic heterocycles. The first kappa shape index (κ1) is 7.47. The lowest BCUT2D eigenvalue weighted by molar-refractivity contribution is 1.26. The number of aromatic nitrogens is 1. The molecular formula is C8H9N3. The van der Waals surface area contributed by atoms with Crippen LogP contribution in [0.2, 0.25) is 0 Å². The minimum atomic E-state index is 0.514. The summed E-state index contributed by atoms with van der Waals surface area (Å²) in [5.74, 6) is 0. The average molecular weight is 147 g/mol. The predicted molar refractivity (Wildman–Crippen MR) is 45.2 cm³/mol. The van der Waals surface area contributed by atoms with E-state index in [1.165, 1.54) is 6.08 Å². The Balaban J connectivity index is 2.94. The SMILES string of the molecule is N=CC=C(N)c1ccccn1. The number of pyridine rings is 1. The van der Waals surface area contributed by atoms with E-state index in [0.717, 1.165) is 6.21 Å². The first-order valence-corrected chi connectivity index (χ1v) is 3.22. The molecule has 1 rings (SSSR count). The number of nitrogens with zero attached hydrogens (tertiary/aromatic N) is 1. The second-order valence-electron chi connectivity index (χ2n) is 2.00. The van der Waals surface area contributed by atoms with Crippen LogP contribution in [0.3, 0.4) is 0 Å². The van der Waals surface area contributed by atoms with Gasteiger partial charge in [-0.05, 0) is 18.2 Å². The second-order valence-corrected chi connectivity index (χ2v) is 2.00. The van der Waals surface area contributed by atoms with Crippen LogP contribution < -0.4 is 5.73 Å². The highest BCUT2D eigenvalue weighted by Gasteiger charge is 1.92. The molecule has 3 heteroatoms. The van der Waals surface area contributed by atoms with E-state index in [4.69, 9.17) is 11.1 Å². The summed E-state index contributed by atoms with van der Waals surface area (Å²) >= 11 is 0. The Morgan fingerprint density at radius 1 is 1.55 bits per heavy atom. The van der Waals surface area contributed by atoms with Gasteiger partial charge in [-0.1, -0.05) is 6.07 Å². The zero-order valence-corrected chi connectivity index (χ0v) is 5.99. The topological polar surface area (TPSA) is 62.8 Å². The fraction of sp³-hybridized carbons (Fsp3) is 0. The van der Waals surface area contributed by atoms with Crippen LogP contribution in [0.4, 0.5) is 0 Å². The quantitative estimate of drug-likeness (QED) is 0.614. The van der Waals surface area contributed by atoms with Crippen LogP contribution in [0.1, 0.15) is 5.69 Å². The van der Waals surface area contributed by atoms with E-state index in [1.54, 1.807) is 12.3 Å². The molecule has 1 heterocycles. The van der Waals surface area contributed by atoms with Crippen LogP contribution in [-0.2, 0) is 0 Å². The fourth-order valence-electron chi connectivity index (χ4n) is 0.709. The first-order chi connectivity index (χ1) is 5.34. The maximum absolute atomic E-state index is 6.77. The van der Waals surface area contributed by atoms with Gasteiger partial charge in [-0.25, -0.2) is 0 Å². The van der Waals surface area contributed by atoms with Crippen molar-refractivity contribution in [1.29, 1.82) is 5.41 Å². The summed E-state index contributed by atoms with van der Waals surface area (Å²) < 4.78 is 0. The molecule has 1 aromatic rings. The molecule has 0 spiro atoms. The van der Waals surface area contributed by atoms with Crippen molar-refractivity contribution in [2.75, 3.05) is 0 Å². The van der Waals surface area contributed by atoms with Crippen LogP contribution in [0.5, 0.6) is 0 Å². The Kier molecular flexibility index (Phi) is 2.38. The summed E-state index contributed by atoms with van der Waals surface area (Å²) in [5, 5.41) is 6.77. The standard InChI is InChI=1S/C8H9N3/c9-5-4-7(10)8-3-1-2-6-11-8/h1-6,9H,10H2. The lowest BCUT2D eigenvalue weighted by atomic mass is 10.3. The van der Waals surface area contributed by atoms with Crippen molar-refractivity contribution in [1.82, 2.24) is 4.98 Å². The number of nitrogens with two attached hydrogens (primary N) is 1. The van der Waals surface area contributed by atoms with Gasteiger partial charge < -0.3 is 11.1 Å². The van der Waals surface area contributed by atoms with E-state index in [1.807, 2.05) is 12.1 Å². The van der Waals surface area contributed by atoms with Gasteiger partial charge in [0.2, 0.25) is 0 Å². The highest BCUT2D eigenvalue weighted by Crippen LogP contribution is 2.01. The van der Waals surface area contributed by atoms with E-state index in [-0.39, 0.29) is 0 Å². The Morgan fingerprint density at radius 3 is 2.91 bits per heavy atom. The summed E-state index contributed by atoms with van der Waals surface area (Å²) in [4.78, 5) is 4.00. The predicted octanol–water partition coefficient (Wildman–Crippen LogP) is 1.03. The minimum Gasteiger partial charge on any atom is -0.397 e. The maximum Gasteiger partial charge on any atom is 0.0859 e. The fourth-order valence-corrected chi connectivity index (χ4v) is 0.709. The molecule has 0 amide bonds. The molecule has 11 heavy (non-hydrogen) atoms. The first-order valence-electron chi connectivity index (χ1n) is 3.22. The van der Waals surface area contributed by atoms with Gasteiger partial charge in [0.25, 0.3) is 0 Å². The summed E-state index contributed by atoms with van der Waals surface area (Å²) in [5.41, 5.74) is 6.77. The van der Waals surface area contributed by atoms with Crippen molar-refractivity contribution in [3.05, 3.63) is 36.2 Å². The summed E-state index contributed by atoms with van der Waals surface area (Å²) in [6, 6.07) is 5.48. The van der Waals surface area contributed by atoms with Gasteiger partial charge >= 0.3 is 0 Å². The van der Waals surface area contributed by atoms with Crippen molar-refractivity contribution in [3.8, 4) is 0 Å². The van der Waals surface area contributed by atoms with Gasteiger partial charge in [-0.15, -0.1) is 0 Å². The van der Waals surface area contributed by atoms with Gasteiger partial charge in [-0.3, -0.25) is 4.98 Å². The van der Waals surface area contributed by atoms with E-state index < -0.39 is 0 Å². The maximum atomic E-state index is 6.77. The molecule has 0 saturated carbocycles. The third-order valence-electron chi connectivity index (χ3n) is 1.22. The molecule has 0 fully saturated rings. The Labute approximate surface area is 65.1 Å². The highest BCUT2D eigenvalue weighted by molar-refractivity contribution is 5.80. The molecular weight excluding hydrogens is 138 g/mol. The van der Waals surface area contributed by atoms with Crippen molar-refractivity contribution < 1.29 is 0 Å². The number of rotatable bonds is 2. The number of allylic oxidation sites excluding steroid dienone is 1. The lowest BCUT2D eigenvalue weighted by Gasteiger charge is -1.96. The van der Waals surface area contributed by atoms with Gasteiger partial charge in [-0.2, -0.15) is 0 Å². The molecule has 0 unspecified atom stereocenters. The smallest absolute Gasteiger partial charge is 0.0859 e. The van der Waals surface area contributed by atoms with Gasteiger partial charge in [0, 0.05) is 12.4 Å². The van der Waals surface area contributed by atoms with Crippen LogP contribution in [0.25, 0.3) is 5.70 Å². The van der Waals surface area contributed by atoms with Gasteiger partial charge in [0.1, 0.15) is 0 Å². The zero-order chi connectivity index (χ0) is 8.10. The average Bonchev–Trinajstić information content (AvgIpc) is 2.07. The van der Waals surface area contributed by atoms with Crippen LogP contribution in [0.15, 0.2) is 30.5 Å². The van der Waals surface area contributed by atoms with Crippen LogP contribution in [-0.4, -0.2) is 11.2 Å². The van der Waals surface area contributed by atoms with E-state index >= 15 is 0 Å². The van der Waals surface area contributed by atoms with Crippen molar-refractivity contribution in [2.24, 2.45) is 5.73 Å². The highest BCUT2D eigenvalue weighted by atomic mass is 14.7. The zero-order valence-electron chi connectivity index (χ0n) is 5.99. The molecule has 0 aliphatic rings. The minimum absolute atomic E-state index is 0.514. The van der Waals surface area contributed by atoms with Crippen LogP contribution in [0, 0.1) is 5.41 Å². The molecule has 3 nitrogen and oxygen atoms in total. The third-order valence-corrected chi connectivity index (χ3v) is 1.22. The van der Waals surface area contributed by atoms with Gasteiger partial charge in [0.15, 0.2) is 0 Å². The molecule has 0 aliphatic carbocycles. The third kappa shape index (κ3) is 1.89. The molecule has 1 aromatic heterocycles. The lowest BCUT2D eigenvalue weighted by Crippen LogP contribution is -1.98. The Hall–Kier alpha value is -1.64. The molecule has 3 N–H and O–H groups in total.